The second-order valence-corrected chi connectivity index (χ2v) is 32.7. The lowest BCUT2D eigenvalue weighted by molar-refractivity contribution is -0.270. The molecule has 12 nitrogen and oxygen atoms in total. The highest BCUT2D eigenvalue weighted by Crippen LogP contribution is 2.49. The molecule has 0 spiro atoms. The standard InChI is InChI=1S/C18H13S.C16H18F3IO7S.C12H22O2.C10H15N.C10H14O.C6HBr5O/c1-2-8-14(9-3-1)19-17-12-6-4-10-15(17)16-11-5-7-13-18(16)19;1-4-15(2,3)14(22)26-11-7-9(5-6-10(11)20)13(21)27-12(16(17,18)19)8-28(23,24)25;1-5-11(2,3)10(13)14-12(4)8-6-7-9-12;1-3-8(2)9-4-6-10(11)7-5-9;1-3-8(2)9-5-4-6-10(11)7-9;7-1-2(8)4(10)6(12)5(11)3(1)9/h1-13H;5-7,12H,4,8H2,1-3H3,(H,23,24,25);5-9H2,1-4H3;4-8H,3,11H2,1-2H3;4-8,11H,3H2,1-2H3;12H/q+1;;;;;/p-1. The van der Waals surface area contributed by atoms with Gasteiger partial charge in [-0.05, 0) is 258 Å². The van der Waals surface area contributed by atoms with E-state index in [2.05, 4.69) is 228 Å². The van der Waals surface area contributed by atoms with E-state index in [-0.39, 0.29) is 39.0 Å². The van der Waals surface area contributed by atoms with E-state index in [1.54, 1.807) is 49.4 Å². The summed E-state index contributed by atoms with van der Waals surface area (Å²) in [6.45, 7) is 21.8. The molecule has 1 aromatic heterocycles. The van der Waals surface area contributed by atoms with Gasteiger partial charge in [-0.1, -0.05) is 146 Å². The van der Waals surface area contributed by atoms with Crippen LogP contribution in [0.5, 0.6) is 17.2 Å². The van der Waals surface area contributed by atoms with Crippen LogP contribution in [-0.2, 0) is 29.2 Å². The van der Waals surface area contributed by atoms with Crippen molar-refractivity contribution in [1.82, 2.24) is 0 Å². The fourth-order valence-electron chi connectivity index (χ4n) is 8.80. The molecule has 1 aliphatic rings. The normalized spacial score (nSPS) is 13.7. The molecule has 0 bridgehead atoms. The van der Waals surface area contributed by atoms with Crippen LogP contribution < -0.4 is 15.6 Å². The molecule has 3 atom stereocenters. The van der Waals surface area contributed by atoms with E-state index in [4.69, 9.17) is 14.6 Å². The van der Waals surface area contributed by atoms with Gasteiger partial charge in [0.25, 0.3) is 0 Å². The van der Waals surface area contributed by atoms with Crippen molar-refractivity contribution in [2.45, 2.75) is 157 Å². The van der Waals surface area contributed by atoms with Crippen molar-refractivity contribution < 1.29 is 70.7 Å². The number of aromatic hydroxyl groups is 1. The number of carbonyl (C=O) groups excluding carboxylic acids is 3. The molecular weight excluding hydrogens is 1700 g/mol. The second-order valence-electron chi connectivity index (χ2n) is 24.2. The number of rotatable bonds is 15. The Morgan fingerprint density at radius 2 is 1.14 bits per heavy atom. The Morgan fingerprint density at radius 3 is 1.61 bits per heavy atom. The Bertz CT molecular complexity index is 3800. The molecule has 4 N–H and O–H groups in total. The number of ether oxygens (including phenoxy) is 3. The number of thiophene rings is 1. The maximum absolute atomic E-state index is 12.9. The lowest BCUT2D eigenvalue weighted by Crippen LogP contribution is -2.39. The molecule has 9 rings (SSSR count). The Morgan fingerprint density at radius 1 is 0.663 bits per heavy atom. The fourth-order valence-corrected chi connectivity index (χ4v) is 15.3. The number of halogens is 9. The van der Waals surface area contributed by atoms with Crippen LogP contribution in [0.2, 0.25) is 0 Å². The molecule has 7 aromatic carbocycles. The maximum Gasteiger partial charge on any atom is 0.426 e. The van der Waals surface area contributed by atoms with Crippen molar-refractivity contribution in [3.8, 4) is 22.1 Å². The van der Waals surface area contributed by atoms with Gasteiger partial charge < -0.3 is 34.7 Å². The number of esters is 3. The first-order chi connectivity index (χ1) is 44.3. The van der Waals surface area contributed by atoms with E-state index in [9.17, 15) is 45.6 Å². The Balaban J connectivity index is 0.000000252. The largest absolute Gasteiger partial charge is 0.871 e. The molecule has 0 aliphatic heterocycles. The Kier molecular flexibility index (Phi) is 32.9. The third-order valence-electron chi connectivity index (χ3n) is 16.1. The van der Waals surface area contributed by atoms with Gasteiger partial charge in [0.15, 0.2) is 14.3 Å². The minimum absolute atomic E-state index is 0.0376. The zero-order valence-electron chi connectivity index (χ0n) is 54.9. The summed E-state index contributed by atoms with van der Waals surface area (Å²) in [5, 5.41) is 23.3. The molecule has 1 saturated carbocycles. The van der Waals surface area contributed by atoms with Gasteiger partial charge >= 0.3 is 24.1 Å². The zero-order valence-corrected chi connectivity index (χ0v) is 66.6. The summed E-state index contributed by atoms with van der Waals surface area (Å²) in [7, 11) is -5.24. The predicted molar refractivity (Wildman–Crippen MR) is 400 cm³/mol. The molecule has 8 aromatic rings. The fraction of sp³-hybridized carbons (Fsp3) is 0.375. The number of phenolic OH excluding ortho intramolecular Hbond substituents is 1. The van der Waals surface area contributed by atoms with Gasteiger partial charge in [0.2, 0.25) is 6.10 Å². The topological polar surface area (TPSA) is 207 Å². The number of alkyl halides is 3. The molecule has 0 radical (unpaired) electrons. The smallest absolute Gasteiger partial charge is 0.426 e. The van der Waals surface area contributed by atoms with Gasteiger partial charge in [-0.2, -0.15) is 13.2 Å². The van der Waals surface area contributed by atoms with Gasteiger partial charge in [0.1, 0.15) is 22.8 Å². The number of hydrogen-bond donors (Lipinski definition) is 2. The van der Waals surface area contributed by atoms with Crippen LogP contribution in [0.25, 0.3) is 25.1 Å². The van der Waals surface area contributed by atoms with Crippen molar-refractivity contribution in [3.05, 3.63) is 188 Å². The summed E-state index contributed by atoms with van der Waals surface area (Å²) in [4.78, 5) is 37.4. The van der Waals surface area contributed by atoms with E-state index in [0.29, 0.717) is 45.5 Å². The summed E-state index contributed by atoms with van der Waals surface area (Å²) in [5.74, 6) is -2.68. The van der Waals surface area contributed by atoms with Crippen molar-refractivity contribution in [2.24, 2.45) is 10.8 Å². The van der Waals surface area contributed by atoms with E-state index in [1.807, 2.05) is 39.0 Å². The maximum atomic E-state index is 12.9. The summed E-state index contributed by atoms with van der Waals surface area (Å²) in [5.41, 5.74) is 5.83. The molecule has 3 unspecified atom stereocenters. The predicted octanol–water partition coefficient (Wildman–Crippen LogP) is 21.8. The van der Waals surface area contributed by atoms with Gasteiger partial charge in [0.05, 0.1) is 35.8 Å². The van der Waals surface area contributed by atoms with Crippen molar-refractivity contribution in [3.63, 3.8) is 0 Å². The monoisotopic (exact) mass is 1780 g/mol. The highest BCUT2D eigenvalue weighted by Gasteiger charge is 2.44. The minimum atomic E-state index is -5.30. The molecule has 1 heterocycles. The Labute approximate surface area is 615 Å². The average Bonchev–Trinajstić information content (AvgIpc) is 1.62. The third kappa shape index (κ3) is 25.1. The summed E-state index contributed by atoms with van der Waals surface area (Å²) >= 11 is 18.0. The van der Waals surface area contributed by atoms with E-state index in [0.717, 1.165) is 48.0 Å². The molecule has 95 heavy (non-hydrogen) atoms. The van der Waals surface area contributed by atoms with E-state index < -0.39 is 51.1 Å². The number of phenols is 1. The van der Waals surface area contributed by atoms with Crippen LogP contribution in [0.1, 0.15) is 161 Å². The van der Waals surface area contributed by atoms with Crippen LogP contribution in [0.3, 0.4) is 0 Å². The summed E-state index contributed by atoms with van der Waals surface area (Å²) in [6, 6.07) is 47.8. The van der Waals surface area contributed by atoms with Crippen molar-refractivity contribution >= 4 is 167 Å². The third-order valence-corrected chi connectivity index (χ3v) is 26.0. The van der Waals surface area contributed by atoms with Crippen LogP contribution in [0.4, 0.5) is 18.9 Å². The van der Waals surface area contributed by atoms with Crippen LogP contribution in [-0.4, -0.2) is 59.6 Å². The first-order valence-electron chi connectivity index (χ1n) is 30.7. The zero-order chi connectivity index (χ0) is 71.4. The molecule has 0 saturated heterocycles. The summed E-state index contributed by atoms with van der Waals surface area (Å²) in [6.07, 6.45) is -0.324. The van der Waals surface area contributed by atoms with Gasteiger partial charge in [-0.3, -0.25) is 9.59 Å². The van der Waals surface area contributed by atoms with E-state index in [1.165, 1.54) is 61.5 Å². The highest BCUT2D eigenvalue weighted by molar-refractivity contribution is 14.1. The lowest BCUT2D eigenvalue weighted by Gasteiger charge is -2.29. The molecule has 1 aliphatic carbocycles. The molecular formula is C72H82Br5F3INO11S2. The number of quaternary nitrogens is 1. The van der Waals surface area contributed by atoms with Crippen molar-refractivity contribution in [1.29, 1.82) is 0 Å². The Hall–Kier alpha value is -4.44. The average molecular weight is 1780 g/mol. The minimum Gasteiger partial charge on any atom is -0.871 e. The molecule has 1 fully saturated rings. The lowest BCUT2D eigenvalue weighted by atomic mass is 9.90. The summed E-state index contributed by atoms with van der Waals surface area (Å²) < 4.78 is 92.1. The first kappa shape index (κ1) is 83.0. The number of benzene rings is 7. The van der Waals surface area contributed by atoms with Crippen molar-refractivity contribution in [2.75, 3.05) is 5.75 Å². The SMILES string of the molecule is CCC(C)(C)C(=O)OC1(C)CCCC1.CCC(C)(C)C(=O)Oc1cc(C(=O)OC(CS(=O)(=O)[O-])C(F)(F)F)ccc1I.CCC(C)c1ccc([NH3+])cc1.CCC(C)c1cccc(O)c1.[O-]c1c(Br)c(Br)c(Br)c(Br)c1Br.c1ccc(-[s+]2c3ccccc3c3ccccc32)cc1. The van der Waals surface area contributed by atoms with E-state index >= 15 is 0 Å². The van der Waals surface area contributed by atoms with Crippen LogP contribution >= 0.6 is 113 Å². The first-order valence-corrected chi connectivity index (χ1v) is 38.5. The number of hydrogen-bond acceptors (Lipinski definition) is 11. The number of carbonyl (C=O) groups is 3. The molecule has 0 amide bonds. The van der Waals surface area contributed by atoms with Gasteiger partial charge in [0, 0.05) is 43.6 Å². The van der Waals surface area contributed by atoms with Gasteiger partial charge in [-0.15, -0.1) is 0 Å². The molecule has 516 valence electrons. The highest BCUT2D eigenvalue weighted by atomic mass is 127. The second kappa shape index (κ2) is 37.7. The van der Waals surface area contributed by atoms with Crippen LogP contribution in [0, 0.1) is 14.4 Å². The number of fused-ring (bicyclic) bond motifs is 3. The van der Waals surface area contributed by atoms with Gasteiger partial charge in [-0.25, -0.2) is 13.2 Å². The quantitative estimate of drug-likeness (QED) is 0.0188. The molecule has 23 heteroatoms. The van der Waals surface area contributed by atoms with Crippen LogP contribution in [0.15, 0.2) is 168 Å².